The zero-order valence-electron chi connectivity index (χ0n) is 14.6. The molecule has 2 rings (SSSR count). The van der Waals surface area contributed by atoms with E-state index in [4.69, 9.17) is 0 Å². The Bertz CT molecular complexity index is 734. The molecule has 9 heteroatoms. The molecule has 1 amide bonds. The number of piperazine rings is 1. The zero-order chi connectivity index (χ0) is 18.8. The van der Waals surface area contributed by atoms with Crippen LogP contribution in [-0.2, 0) is 14.8 Å². The molecule has 1 unspecified atom stereocenters. The molecule has 0 aromatic heterocycles. The summed E-state index contributed by atoms with van der Waals surface area (Å²) in [5, 5.41) is 0. The Kier molecular flexibility index (Phi) is 5.99. The number of likely N-dealkylation sites (N-methyl/N-ethyl adjacent to an activating group) is 1. The van der Waals surface area contributed by atoms with Gasteiger partial charge in [-0.15, -0.1) is 0 Å². The number of anilines is 1. The molecule has 1 aliphatic heterocycles. The van der Waals surface area contributed by atoms with Crippen LogP contribution in [0.3, 0.4) is 0 Å². The lowest BCUT2D eigenvalue weighted by molar-refractivity contribution is -0.133. The fourth-order valence-electron chi connectivity index (χ4n) is 2.97. The third-order valence-corrected chi connectivity index (χ3v) is 5.60. The molecule has 1 fully saturated rings. The lowest BCUT2D eigenvalue weighted by Crippen LogP contribution is -2.55. The second-order valence-corrected chi connectivity index (χ2v) is 7.95. The van der Waals surface area contributed by atoms with E-state index in [0.29, 0.717) is 13.1 Å². The van der Waals surface area contributed by atoms with Crippen molar-refractivity contribution in [3.8, 4) is 0 Å². The third kappa shape index (κ3) is 4.46. The Balaban J connectivity index is 2.26. The maximum atomic E-state index is 13.5. The first-order chi connectivity index (χ1) is 11.6. The van der Waals surface area contributed by atoms with Gasteiger partial charge in [0.05, 0.1) is 11.9 Å². The first kappa shape index (κ1) is 19.6. The molecule has 0 bridgehead atoms. The number of benzene rings is 1. The van der Waals surface area contributed by atoms with Crippen molar-refractivity contribution in [2.75, 3.05) is 43.3 Å². The van der Waals surface area contributed by atoms with Crippen molar-refractivity contribution in [2.24, 2.45) is 0 Å². The van der Waals surface area contributed by atoms with E-state index in [1.165, 1.54) is 6.92 Å². The topological polar surface area (TPSA) is 60.9 Å². The summed E-state index contributed by atoms with van der Waals surface area (Å²) in [5.74, 6) is -2.60. The molecule has 1 saturated heterocycles. The number of hydrogen-bond donors (Lipinski definition) is 0. The maximum Gasteiger partial charge on any atom is 0.246 e. The fraction of sp³-hybridized carbons (Fsp3) is 0.562. The van der Waals surface area contributed by atoms with Gasteiger partial charge in [-0.2, -0.15) is 0 Å². The molecule has 1 aromatic rings. The molecule has 1 heterocycles. The summed E-state index contributed by atoms with van der Waals surface area (Å²) in [7, 11) is -3.86. The molecule has 6 nitrogen and oxygen atoms in total. The van der Waals surface area contributed by atoms with Gasteiger partial charge in [0, 0.05) is 32.2 Å². The molecule has 140 valence electrons. The summed E-state index contributed by atoms with van der Waals surface area (Å²) in [5.41, 5.74) is -0.0746. The predicted molar refractivity (Wildman–Crippen MR) is 91.8 cm³/mol. The largest absolute Gasteiger partial charge is 0.338 e. The highest BCUT2D eigenvalue weighted by atomic mass is 32.2. The molecule has 0 N–H and O–H groups in total. The van der Waals surface area contributed by atoms with Gasteiger partial charge >= 0.3 is 0 Å². The second-order valence-electron chi connectivity index (χ2n) is 6.09. The molecule has 0 radical (unpaired) electrons. The van der Waals surface area contributed by atoms with E-state index >= 15 is 0 Å². The van der Waals surface area contributed by atoms with Crippen molar-refractivity contribution in [3.05, 3.63) is 29.8 Å². The average Bonchev–Trinajstić information content (AvgIpc) is 2.56. The highest BCUT2D eigenvalue weighted by molar-refractivity contribution is 7.92. The van der Waals surface area contributed by atoms with Gasteiger partial charge in [0.2, 0.25) is 15.9 Å². The third-order valence-electron chi connectivity index (χ3n) is 4.36. The highest BCUT2D eigenvalue weighted by Crippen LogP contribution is 2.24. The number of rotatable bonds is 5. The number of carbonyl (C=O) groups excluding carboxylic acids is 1. The van der Waals surface area contributed by atoms with Crippen LogP contribution in [0, 0.1) is 11.6 Å². The number of amides is 1. The number of nitrogens with zero attached hydrogens (tertiary/aromatic N) is 3. The van der Waals surface area contributed by atoms with Crippen LogP contribution in [0.1, 0.15) is 13.8 Å². The Hall–Kier alpha value is -1.74. The molecule has 1 atom stereocenters. The van der Waals surface area contributed by atoms with Gasteiger partial charge in [-0.25, -0.2) is 17.2 Å². The number of halogens is 2. The normalized spacial score (nSPS) is 17.4. The summed E-state index contributed by atoms with van der Waals surface area (Å²) in [6.07, 6.45) is 0.938. The Morgan fingerprint density at radius 3 is 2.28 bits per heavy atom. The molecule has 1 aliphatic rings. The second kappa shape index (κ2) is 7.65. The molecule has 0 spiro atoms. The van der Waals surface area contributed by atoms with Gasteiger partial charge in [0.1, 0.15) is 6.04 Å². The lowest BCUT2D eigenvalue weighted by Gasteiger charge is -2.37. The molecule has 25 heavy (non-hydrogen) atoms. The van der Waals surface area contributed by atoms with Crippen molar-refractivity contribution in [2.45, 2.75) is 19.9 Å². The molecular weight excluding hydrogens is 352 g/mol. The summed E-state index contributed by atoms with van der Waals surface area (Å²) in [6.45, 7) is 6.84. The average molecular weight is 375 g/mol. The first-order valence-electron chi connectivity index (χ1n) is 8.10. The Morgan fingerprint density at radius 1 is 1.20 bits per heavy atom. The minimum Gasteiger partial charge on any atom is -0.338 e. The van der Waals surface area contributed by atoms with E-state index in [0.717, 1.165) is 48.4 Å². The molecule has 1 aromatic carbocycles. The molecular formula is C16H23F2N3O3S. The molecule has 0 saturated carbocycles. The van der Waals surface area contributed by atoms with Gasteiger partial charge in [-0.1, -0.05) is 6.92 Å². The van der Waals surface area contributed by atoms with Crippen LogP contribution in [0.5, 0.6) is 0 Å². The monoisotopic (exact) mass is 375 g/mol. The van der Waals surface area contributed by atoms with Crippen LogP contribution in [-0.4, -0.2) is 69.1 Å². The van der Waals surface area contributed by atoms with E-state index < -0.39 is 27.7 Å². The van der Waals surface area contributed by atoms with Crippen LogP contribution in [0.2, 0.25) is 0 Å². The van der Waals surface area contributed by atoms with Crippen LogP contribution in [0.4, 0.5) is 14.5 Å². The van der Waals surface area contributed by atoms with Crippen molar-refractivity contribution < 1.29 is 22.0 Å². The number of hydrogen-bond acceptors (Lipinski definition) is 4. The Morgan fingerprint density at radius 2 is 1.80 bits per heavy atom. The fourth-order valence-corrected chi connectivity index (χ4v) is 4.13. The standard InChI is InChI=1S/C16H23F2N3O3S/c1-4-19-7-9-20(10-8-19)16(22)12(2)21(25(3,23)24)13-5-6-14(17)15(18)11-13/h5-6,11-12H,4,7-10H2,1-3H3. The number of sulfonamides is 1. The zero-order valence-corrected chi connectivity index (χ0v) is 15.4. The van der Waals surface area contributed by atoms with E-state index in [1.807, 2.05) is 6.92 Å². The molecule has 0 aliphatic carbocycles. The summed E-state index contributed by atoms with van der Waals surface area (Å²) in [4.78, 5) is 16.5. The van der Waals surface area contributed by atoms with Gasteiger partial charge in [0.15, 0.2) is 11.6 Å². The minimum atomic E-state index is -3.86. The van der Waals surface area contributed by atoms with E-state index in [-0.39, 0.29) is 11.6 Å². The predicted octanol–water partition coefficient (Wildman–Crippen LogP) is 1.28. The van der Waals surface area contributed by atoms with Crippen molar-refractivity contribution in [3.63, 3.8) is 0 Å². The van der Waals surface area contributed by atoms with Gasteiger partial charge in [-0.3, -0.25) is 9.10 Å². The van der Waals surface area contributed by atoms with E-state index in [1.54, 1.807) is 4.90 Å². The van der Waals surface area contributed by atoms with Gasteiger partial charge in [0.25, 0.3) is 0 Å². The maximum absolute atomic E-state index is 13.5. The Labute approximate surface area is 147 Å². The van der Waals surface area contributed by atoms with E-state index in [9.17, 15) is 22.0 Å². The van der Waals surface area contributed by atoms with Crippen LogP contribution in [0.15, 0.2) is 18.2 Å². The van der Waals surface area contributed by atoms with Crippen LogP contribution >= 0.6 is 0 Å². The smallest absolute Gasteiger partial charge is 0.246 e. The SMILES string of the molecule is CCN1CCN(C(=O)C(C)N(c2ccc(F)c(F)c2)S(C)(=O)=O)CC1. The first-order valence-corrected chi connectivity index (χ1v) is 9.95. The van der Waals surface area contributed by atoms with Crippen LogP contribution < -0.4 is 4.31 Å². The lowest BCUT2D eigenvalue weighted by atomic mass is 10.2. The van der Waals surface area contributed by atoms with Crippen molar-refractivity contribution >= 4 is 21.6 Å². The summed E-state index contributed by atoms with van der Waals surface area (Å²) < 4.78 is 51.9. The van der Waals surface area contributed by atoms with Crippen molar-refractivity contribution in [1.82, 2.24) is 9.80 Å². The minimum absolute atomic E-state index is 0.0746. The number of carbonyl (C=O) groups is 1. The van der Waals surface area contributed by atoms with E-state index in [2.05, 4.69) is 4.90 Å². The van der Waals surface area contributed by atoms with Gasteiger partial charge in [-0.05, 0) is 25.6 Å². The summed E-state index contributed by atoms with van der Waals surface area (Å²) >= 11 is 0. The van der Waals surface area contributed by atoms with Crippen LogP contribution in [0.25, 0.3) is 0 Å². The van der Waals surface area contributed by atoms with Gasteiger partial charge < -0.3 is 9.80 Å². The quantitative estimate of drug-likeness (QED) is 0.778. The summed E-state index contributed by atoms with van der Waals surface area (Å²) in [6, 6.07) is 1.74. The van der Waals surface area contributed by atoms with Crippen molar-refractivity contribution in [1.29, 1.82) is 0 Å². The highest BCUT2D eigenvalue weighted by Gasteiger charge is 2.33.